The molecule has 3 nitrogen and oxygen atoms in total. The topological polar surface area (TPSA) is 29.9 Å². The van der Waals surface area contributed by atoms with Gasteiger partial charge in [-0.25, -0.2) is 0 Å². The molecule has 108 valence electrons. The van der Waals surface area contributed by atoms with Gasteiger partial charge in [0.2, 0.25) is 0 Å². The van der Waals surface area contributed by atoms with Crippen LogP contribution in [0.4, 0.5) is 0 Å². The van der Waals surface area contributed by atoms with Crippen molar-refractivity contribution in [2.45, 2.75) is 66.5 Å². The zero-order valence-electron chi connectivity index (χ0n) is 13.4. The third-order valence-electron chi connectivity index (χ3n) is 4.47. The Balaban J connectivity index is 1.98. The van der Waals surface area contributed by atoms with Crippen LogP contribution < -0.4 is 5.32 Å². The van der Waals surface area contributed by atoms with Gasteiger partial charge >= 0.3 is 0 Å². The van der Waals surface area contributed by atoms with E-state index in [1.165, 1.54) is 30.5 Å². The van der Waals surface area contributed by atoms with Gasteiger partial charge in [-0.2, -0.15) is 5.10 Å². The highest BCUT2D eigenvalue weighted by atomic mass is 15.3. The van der Waals surface area contributed by atoms with Gasteiger partial charge in [0.25, 0.3) is 0 Å². The Labute approximate surface area is 117 Å². The highest BCUT2D eigenvalue weighted by Gasteiger charge is 2.38. The first-order chi connectivity index (χ1) is 8.69. The van der Waals surface area contributed by atoms with Gasteiger partial charge < -0.3 is 5.32 Å². The highest BCUT2D eigenvalue weighted by Crippen LogP contribution is 2.45. The molecule has 1 aromatic heterocycles. The van der Waals surface area contributed by atoms with E-state index in [4.69, 9.17) is 0 Å². The molecule has 1 N–H and O–H groups in total. The van der Waals surface area contributed by atoms with E-state index in [1.54, 1.807) is 0 Å². The van der Waals surface area contributed by atoms with E-state index in [2.05, 4.69) is 45.0 Å². The molecule has 3 heteroatoms. The second-order valence-electron chi connectivity index (χ2n) is 7.87. The zero-order valence-corrected chi connectivity index (χ0v) is 13.4. The minimum absolute atomic E-state index is 0.448. The quantitative estimate of drug-likeness (QED) is 0.905. The van der Waals surface area contributed by atoms with Crippen molar-refractivity contribution in [3.05, 3.63) is 17.5 Å². The standard InChI is InChI=1S/C16H29N3/c1-12-13(10-18-19(12)6)9-17-14-7-15(2,3)11-16(4,5)8-14/h10,14,17H,7-9,11H2,1-6H3. The summed E-state index contributed by atoms with van der Waals surface area (Å²) in [6.45, 7) is 12.7. The Kier molecular flexibility index (Phi) is 3.78. The molecule has 0 unspecified atom stereocenters. The second-order valence-corrected chi connectivity index (χ2v) is 7.87. The van der Waals surface area contributed by atoms with Crippen molar-refractivity contribution in [2.24, 2.45) is 17.9 Å². The number of nitrogens with zero attached hydrogens (tertiary/aromatic N) is 2. The largest absolute Gasteiger partial charge is 0.310 e. The molecule has 0 radical (unpaired) electrons. The fourth-order valence-corrected chi connectivity index (χ4v) is 3.96. The van der Waals surface area contributed by atoms with E-state index in [9.17, 15) is 0 Å². The van der Waals surface area contributed by atoms with Crippen molar-refractivity contribution in [1.29, 1.82) is 0 Å². The molecule has 1 aromatic rings. The number of hydrogen-bond donors (Lipinski definition) is 1. The van der Waals surface area contributed by atoms with Crippen molar-refractivity contribution in [3.8, 4) is 0 Å². The van der Waals surface area contributed by atoms with Gasteiger partial charge in [0.15, 0.2) is 0 Å². The van der Waals surface area contributed by atoms with Crippen LogP contribution in [0.15, 0.2) is 6.20 Å². The van der Waals surface area contributed by atoms with Crippen LogP contribution in [-0.4, -0.2) is 15.8 Å². The van der Waals surface area contributed by atoms with Gasteiger partial charge in [-0.05, 0) is 37.0 Å². The Morgan fingerprint density at radius 3 is 2.32 bits per heavy atom. The van der Waals surface area contributed by atoms with Crippen LogP contribution in [-0.2, 0) is 13.6 Å². The average Bonchev–Trinajstić information content (AvgIpc) is 2.53. The van der Waals surface area contributed by atoms with Crippen molar-refractivity contribution in [1.82, 2.24) is 15.1 Å². The minimum Gasteiger partial charge on any atom is -0.310 e. The Hall–Kier alpha value is -0.830. The molecule has 0 atom stereocenters. The summed E-state index contributed by atoms with van der Waals surface area (Å²) in [5.74, 6) is 0. The van der Waals surface area contributed by atoms with E-state index in [0.717, 1.165) is 6.54 Å². The predicted octanol–water partition coefficient (Wildman–Crippen LogP) is 3.42. The molecule has 0 spiro atoms. The molecule has 19 heavy (non-hydrogen) atoms. The maximum absolute atomic E-state index is 4.31. The first-order valence-corrected chi connectivity index (χ1v) is 7.39. The van der Waals surface area contributed by atoms with Crippen LogP contribution in [0.2, 0.25) is 0 Å². The van der Waals surface area contributed by atoms with Gasteiger partial charge in [-0.3, -0.25) is 4.68 Å². The van der Waals surface area contributed by atoms with E-state index in [-0.39, 0.29) is 0 Å². The van der Waals surface area contributed by atoms with Crippen molar-refractivity contribution in [2.75, 3.05) is 0 Å². The fourth-order valence-electron chi connectivity index (χ4n) is 3.96. The molecule has 0 aliphatic heterocycles. The molecule has 0 aromatic carbocycles. The zero-order chi connectivity index (χ0) is 14.3. The minimum atomic E-state index is 0.448. The van der Waals surface area contributed by atoms with Crippen LogP contribution in [0, 0.1) is 17.8 Å². The SMILES string of the molecule is Cc1c(CNC2CC(C)(C)CC(C)(C)C2)cnn1C. The van der Waals surface area contributed by atoms with Gasteiger partial charge in [-0.1, -0.05) is 27.7 Å². The number of hydrogen-bond acceptors (Lipinski definition) is 2. The molecule has 0 saturated heterocycles. The maximum Gasteiger partial charge on any atom is 0.0537 e. The molecule has 1 saturated carbocycles. The summed E-state index contributed by atoms with van der Waals surface area (Å²) < 4.78 is 1.95. The molecule has 0 bridgehead atoms. The summed E-state index contributed by atoms with van der Waals surface area (Å²) >= 11 is 0. The second kappa shape index (κ2) is 4.93. The first-order valence-electron chi connectivity index (χ1n) is 7.39. The molecule has 1 aliphatic carbocycles. The van der Waals surface area contributed by atoms with Crippen LogP contribution in [0.5, 0.6) is 0 Å². The molecular weight excluding hydrogens is 234 g/mol. The smallest absolute Gasteiger partial charge is 0.0537 e. The average molecular weight is 263 g/mol. The number of aryl methyl sites for hydroxylation is 1. The number of rotatable bonds is 3. The fraction of sp³-hybridized carbons (Fsp3) is 0.812. The molecule has 1 heterocycles. The number of aromatic nitrogens is 2. The molecule has 0 amide bonds. The van der Waals surface area contributed by atoms with E-state index < -0.39 is 0 Å². The predicted molar refractivity (Wildman–Crippen MR) is 80.0 cm³/mol. The monoisotopic (exact) mass is 263 g/mol. The summed E-state index contributed by atoms with van der Waals surface area (Å²) in [5, 5.41) is 8.06. The van der Waals surface area contributed by atoms with Crippen molar-refractivity contribution in [3.63, 3.8) is 0 Å². The van der Waals surface area contributed by atoms with E-state index in [1.807, 2.05) is 17.9 Å². The van der Waals surface area contributed by atoms with Crippen molar-refractivity contribution < 1.29 is 0 Å². The van der Waals surface area contributed by atoms with Gasteiger partial charge in [0.05, 0.1) is 6.20 Å². The van der Waals surface area contributed by atoms with E-state index in [0.29, 0.717) is 16.9 Å². The highest BCUT2D eigenvalue weighted by molar-refractivity contribution is 5.15. The maximum atomic E-state index is 4.31. The third kappa shape index (κ3) is 3.59. The van der Waals surface area contributed by atoms with Gasteiger partial charge in [0, 0.05) is 30.9 Å². The molecule has 2 rings (SSSR count). The van der Waals surface area contributed by atoms with E-state index >= 15 is 0 Å². The lowest BCUT2D eigenvalue weighted by Gasteiger charge is -2.45. The van der Waals surface area contributed by atoms with Crippen LogP contribution in [0.1, 0.15) is 58.2 Å². The lowest BCUT2D eigenvalue weighted by molar-refractivity contribution is 0.0844. The normalized spacial score (nSPS) is 22.6. The summed E-state index contributed by atoms with van der Waals surface area (Å²) in [6.07, 6.45) is 5.86. The summed E-state index contributed by atoms with van der Waals surface area (Å²) in [6, 6.07) is 0.623. The summed E-state index contributed by atoms with van der Waals surface area (Å²) in [4.78, 5) is 0. The Morgan fingerprint density at radius 2 is 1.84 bits per heavy atom. The number of nitrogens with one attached hydrogen (secondary N) is 1. The molecular formula is C16H29N3. The van der Waals surface area contributed by atoms with Crippen LogP contribution in [0.3, 0.4) is 0 Å². The molecule has 1 fully saturated rings. The Bertz CT molecular complexity index is 427. The van der Waals surface area contributed by atoms with Gasteiger partial charge in [0.1, 0.15) is 0 Å². The summed E-state index contributed by atoms with van der Waals surface area (Å²) in [5.41, 5.74) is 3.48. The van der Waals surface area contributed by atoms with Crippen molar-refractivity contribution >= 4 is 0 Å². The van der Waals surface area contributed by atoms with Crippen LogP contribution >= 0.6 is 0 Å². The molecule has 1 aliphatic rings. The lowest BCUT2D eigenvalue weighted by Crippen LogP contribution is -2.43. The Morgan fingerprint density at radius 1 is 1.26 bits per heavy atom. The lowest BCUT2D eigenvalue weighted by atomic mass is 9.63. The van der Waals surface area contributed by atoms with Crippen LogP contribution in [0.25, 0.3) is 0 Å². The third-order valence-corrected chi connectivity index (χ3v) is 4.47. The summed E-state index contributed by atoms with van der Waals surface area (Å²) in [7, 11) is 2.01. The van der Waals surface area contributed by atoms with Gasteiger partial charge in [-0.15, -0.1) is 0 Å². The first kappa shape index (κ1) is 14.6.